The molecule has 0 aliphatic heterocycles. The van der Waals surface area contributed by atoms with Gasteiger partial charge in [0.25, 0.3) is 0 Å². The van der Waals surface area contributed by atoms with Gasteiger partial charge in [-0.1, -0.05) is 24.3 Å². The van der Waals surface area contributed by atoms with Crippen LogP contribution in [0.3, 0.4) is 0 Å². The van der Waals surface area contributed by atoms with Gasteiger partial charge in [0, 0.05) is 17.3 Å². The van der Waals surface area contributed by atoms with Gasteiger partial charge in [0.1, 0.15) is 11.6 Å². The molecule has 0 amide bonds. The predicted octanol–water partition coefficient (Wildman–Crippen LogP) is 5.20. The molecule has 1 unspecified atom stereocenters. The topological polar surface area (TPSA) is 17.8 Å². The molecule has 5 heteroatoms. The molecule has 22 heavy (non-hydrogen) atoms. The number of hydrogen-bond donors (Lipinski definition) is 0. The first-order valence-electron chi connectivity index (χ1n) is 6.80. The standard InChI is InChI=1S/C17H13BrF2N2/c1-11(12-5-7-14(19)8-6-12)22-10-13(9-21-22)15-3-2-4-16(18)17(15)20/h2-11H,1H3. The quantitative estimate of drug-likeness (QED) is 0.626. The molecular weight excluding hydrogens is 350 g/mol. The molecule has 2 aromatic carbocycles. The van der Waals surface area contributed by atoms with Gasteiger partial charge in [-0.2, -0.15) is 5.10 Å². The highest BCUT2D eigenvalue weighted by atomic mass is 79.9. The zero-order valence-electron chi connectivity index (χ0n) is 11.8. The Hall–Kier alpha value is -2.01. The van der Waals surface area contributed by atoms with E-state index in [2.05, 4.69) is 21.0 Å². The molecule has 0 spiro atoms. The highest BCUT2D eigenvalue weighted by Crippen LogP contribution is 2.28. The first-order chi connectivity index (χ1) is 10.6. The summed E-state index contributed by atoms with van der Waals surface area (Å²) in [6, 6.07) is 11.4. The van der Waals surface area contributed by atoms with E-state index in [9.17, 15) is 8.78 Å². The third kappa shape index (κ3) is 2.81. The van der Waals surface area contributed by atoms with Gasteiger partial charge in [-0.25, -0.2) is 8.78 Å². The maximum absolute atomic E-state index is 14.1. The van der Waals surface area contributed by atoms with Crippen molar-refractivity contribution in [3.63, 3.8) is 0 Å². The third-order valence-corrected chi connectivity index (χ3v) is 4.23. The van der Waals surface area contributed by atoms with Crippen molar-refractivity contribution in [2.24, 2.45) is 0 Å². The molecule has 1 atom stereocenters. The van der Waals surface area contributed by atoms with E-state index in [1.54, 1.807) is 47.4 Å². The summed E-state index contributed by atoms with van der Waals surface area (Å²) >= 11 is 3.18. The Morgan fingerprint density at radius 3 is 2.55 bits per heavy atom. The molecule has 0 bridgehead atoms. The second-order valence-electron chi connectivity index (χ2n) is 5.04. The van der Waals surface area contributed by atoms with Crippen LogP contribution >= 0.6 is 15.9 Å². The number of rotatable bonds is 3. The lowest BCUT2D eigenvalue weighted by atomic mass is 10.1. The Bertz CT molecular complexity index is 797. The van der Waals surface area contributed by atoms with E-state index < -0.39 is 0 Å². The van der Waals surface area contributed by atoms with Crippen LogP contribution in [-0.2, 0) is 0 Å². The van der Waals surface area contributed by atoms with Crippen LogP contribution in [0, 0.1) is 11.6 Å². The number of aromatic nitrogens is 2. The highest BCUT2D eigenvalue weighted by Gasteiger charge is 2.13. The summed E-state index contributed by atoms with van der Waals surface area (Å²) in [6.45, 7) is 1.96. The normalized spacial score (nSPS) is 12.4. The molecule has 0 saturated carbocycles. The van der Waals surface area contributed by atoms with Gasteiger partial charge in [-0.15, -0.1) is 0 Å². The van der Waals surface area contributed by atoms with Gasteiger partial charge in [0.15, 0.2) is 0 Å². The van der Waals surface area contributed by atoms with Crippen LogP contribution in [0.4, 0.5) is 8.78 Å². The van der Waals surface area contributed by atoms with Gasteiger partial charge in [-0.05, 0) is 46.6 Å². The maximum atomic E-state index is 14.1. The lowest BCUT2D eigenvalue weighted by molar-refractivity contribution is 0.561. The molecule has 0 radical (unpaired) electrons. The molecule has 0 N–H and O–H groups in total. The number of benzene rings is 2. The molecule has 3 aromatic rings. The Morgan fingerprint density at radius 2 is 1.82 bits per heavy atom. The number of halogens is 3. The monoisotopic (exact) mass is 362 g/mol. The van der Waals surface area contributed by atoms with E-state index in [1.807, 2.05) is 6.92 Å². The molecule has 0 saturated heterocycles. The Labute approximate surface area is 135 Å². The van der Waals surface area contributed by atoms with E-state index >= 15 is 0 Å². The second-order valence-corrected chi connectivity index (χ2v) is 5.89. The minimum Gasteiger partial charge on any atom is -0.265 e. The van der Waals surface area contributed by atoms with Crippen molar-refractivity contribution >= 4 is 15.9 Å². The molecular formula is C17H13BrF2N2. The van der Waals surface area contributed by atoms with Crippen molar-refractivity contribution in [1.29, 1.82) is 0 Å². The molecule has 3 rings (SSSR count). The summed E-state index contributed by atoms with van der Waals surface area (Å²) in [7, 11) is 0. The molecule has 0 aliphatic rings. The SMILES string of the molecule is CC(c1ccc(F)cc1)n1cc(-c2cccc(Br)c2F)cn1. The minimum absolute atomic E-state index is 0.0652. The van der Waals surface area contributed by atoms with Crippen LogP contribution < -0.4 is 0 Å². The van der Waals surface area contributed by atoms with Crippen LogP contribution in [0.15, 0.2) is 59.3 Å². The van der Waals surface area contributed by atoms with E-state index in [-0.39, 0.29) is 17.7 Å². The lowest BCUT2D eigenvalue weighted by Crippen LogP contribution is -2.06. The molecule has 112 valence electrons. The largest absolute Gasteiger partial charge is 0.265 e. The summed E-state index contributed by atoms with van der Waals surface area (Å²) in [5.41, 5.74) is 2.13. The van der Waals surface area contributed by atoms with Crippen LogP contribution in [0.5, 0.6) is 0 Å². The van der Waals surface area contributed by atoms with E-state index in [0.717, 1.165) is 5.56 Å². The minimum atomic E-state index is -0.309. The predicted molar refractivity (Wildman–Crippen MR) is 85.5 cm³/mol. The van der Waals surface area contributed by atoms with Crippen molar-refractivity contribution < 1.29 is 8.78 Å². The van der Waals surface area contributed by atoms with E-state index in [1.165, 1.54) is 12.1 Å². The average molecular weight is 363 g/mol. The van der Waals surface area contributed by atoms with Gasteiger partial charge >= 0.3 is 0 Å². The van der Waals surface area contributed by atoms with E-state index in [0.29, 0.717) is 15.6 Å². The highest BCUT2D eigenvalue weighted by molar-refractivity contribution is 9.10. The fraction of sp³-hybridized carbons (Fsp3) is 0.118. The molecule has 1 heterocycles. The summed E-state index contributed by atoms with van der Waals surface area (Å²) in [6.07, 6.45) is 3.42. The Kier molecular flexibility index (Phi) is 4.07. The van der Waals surface area contributed by atoms with E-state index in [4.69, 9.17) is 0 Å². The summed E-state index contributed by atoms with van der Waals surface area (Å²) in [5.74, 6) is -0.579. The van der Waals surface area contributed by atoms with Gasteiger partial charge < -0.3 is 0 Å². The molecule has 0 aliphatic carbocycles. The zero-order valence-corrected chi connectivity index (χ0v) is 13.4. The maximum Gasteiger partial charge on any atom is 0.145 e. The van der Waals surface area contributed by atoms with Crippen molar-refractivity contribution in [2.75, 3.05) is 0 Å². The van der Waals surface area contributed by atoms with Crippen LogP contribution in [0.2, 0.25) is 0 Å². The smallest absolute Gasteiger partial charge is 0.145 e. The van der Waals surface area contributed by atoms with Crippen molar-refractivity contribution in [3.05, 3.63) is 76.5 Å². The van der Waals surface area contributed by atoms with Crippen molar-refractivity contribution in [1.82, 2.24) is 9.78 Å². The molecule has 1 aromatic heterocycles. The first-order valence-corrected chi connectivity index (χ1v) is 7.59. The molecule has 0 fully saturated rings. The van der Waals surface area contributed by atoms with Crippen LogP contribution in [0.25, 0.3) is 11.1 Å². The van der Waals surface area contributed by atoms with Gasteiger partial charge in [0.2, 0.25) is 0 Å². The fourth-order valence-corrected chi connectivity index (χ4v) is 2.68. The van der Waals surface area contributed by atoms with Crippen molar-refractivity contribution in [3.8, 4) is 11.1 Å². The Morgan fingerprint density at radius 1 is 1.09 bits per heavy atom. The first kappa shape index (κ1) is 14.9. The second kappa shape index (κ2) is 6.01. The Balaban J connectivity index is 1.93. The summed E-state index contributed by atoms with van der Waals surface area (Å²) in [4.78, 5) is 0. The van der Waals surface area contributed by atoms with Gasteiger partial charge in [-0.3, -0.25) is 4.68 Å². The number of nitrogens with zero attached hydrogens (tertiary/aromatic N) is 2. The van der Waals surface area contributed by atoms with Crippen LogP contribution in [-0.4, -0.2) is 9.78 Å². The number of hydrogen-bond acceptors (Lipinski definition) is 1. The third-order valence-electron chi connectivity index (χ3n) is 3.61. The zero-order chi connectivity index (χ0) is 15.7. The van der Waals surface area contributed by atoms with Crippen molar-refractivity contribution in [2.45, 2.75) is 13.0 Å². The average Bonchev–Trinajstić information content (AvgIpc) is 3.00. The summed E-state index contributed by atoms with van der Waals surface area (Å²) in [5, 5.41) is 4.30. The summed E-state index contributed by atoms with van der Waals surface area (Å²) < 4.78 is 29.3. The molecule has 2 nitrogen and oxygen atoms in total. The lowest BCUT2D eigenvalue weighted by Gasteiger charge is -2.12. The van der Waals surface area contributed by atoms with Crippen LogP contribution in [0.1, 0.15) is 18.5 Å². The van der Waals surface area contributed by atoms with Gasteiger partial charge in [0.05, 0.1) is 16.7 Å². The fourth-order valence-electron chi connectivity index (χ4n) is 2.31.